The van der Waals surface area contributed by atoms with Gasteiger partial charge in [-0.05, 0) is 96.6 Å². The Bertz CT molecular complexity index is 1650. The first-order valence-electron chi connectivity index (χ1n) is 17.7. The predicted molar refractivity (Wildman–Crippen MR) is 190 cm³/mol. The Hall–Kier alpha value is -3.95. The van der Waals surface area contributed by atoms with E-state index in [-0.39, 0.29) is 12.2 Å². The number of unbranched alkanes of at least 4 members (excludes halogenated alkanes) is 2. The molecule has 0 aliphatic heterocycles. The van der Waals surface area contributed by atoms with Crippen molar-refractivity contribution in [1.29, 1.82) is 0 Å². The molecular formula is C40H52N3O5S+. The van der Waals surface area contributed by atoms with Crippen LogP contribution in [0.4, 0.5) is 0 Å². The van der Waals surface area contributed by atoms with Crippen molar-refractivity contribution in [3.05, 3.63) is 126 Å². The van der Waals surface area contributed by atoms with Crippen molar-refractivity contribution in [3.63, 3.8) is 0 Å². The van der Waals surface area contributed by atoms with E-state index in [9.17, 15) is 17.8 Å². The Balaban J connectivity index is 1.56. The van der Waals surface area contributed by atoms with Crippen LogP contribution in [0.2, 0.25) is 0 Å². The van der Waals surface area contributed by atoms with Crippen molar-refractivity contribution in [2.24, 2.45) is 0 Å². The predicted octanol–water partition coefficient (Wildman–Crippen LogP) is 7.27. The number of benzene rings is 1. The minimum absolute atomic E-state index is 0.221. The van der Waals surface area contributed by atoms with E-state index in [1.165, 1.54) is 22.3 Å². The summed E-state index contributed by atoms with van der Waals surface area (Å²) in [5, 5.41) is 8.94. The minimum Gasteiger partial charge on any atom is -0.748 e. The van der Waals surface area contributed by atoms with E-state index in [1.807, 2.05) is 29.4 Å². The number of nitrogens with zero attached hydrogens (tertiary/aromatic N) is 3. The minimum atomic E-state index is -4.21. The van der Waals surface area contributed by atoms with Crippen LogP contribution in [0.1, 0.15) is 118 Å². The second kappa shape index (κ2) is 19.3. The van der Waals surface area contributed by atoms with Gasteiger partial charge in [-0.15, -0.1) is 0 Å². The summed E-state index contributed by atoms with van der Waals surface area (Å²) >= 11 is 0. The molecule has 1 aromatic carbocycles. The topological polar surface area (TPSA) is 115 Å². The average molecular weight is 687 g/mol. The first kappa shape index (κ1) is 37.9. The molecule has 0 bridgehead atoms. The van der Waals surface area contributed by atoms with Gasteiger partial charge in [0.1, 0.15) is 13.1 Å². The Morgan fingerprint density at radius 3 is 1.82 bits per heavy atom. The molecule has 262 valence electrons. The van der Waals surface area contributed by atoms with Crippen molar-refractivity contribution in [1.82, 2.24) is 4.98 Å². The van der Waals surface area contributed by atoms with Gasteiger partial charge in [0.2, 0.25) is 0 Å². The zero-order valence-electron chi connectivity index (χ0n) is 28.9. The average Bonchev–Trinajstić information content (AvgIpc) is 3.10. The number of hydrogen-bond donors (Lipinski definition) is 1. The third kappa shape index (κ3) is 13.1. The summed E-state index contributed by atoms with van der Waals surface area (Å²) in [5.74, 6) is 0.253. The molecule has 3 aromatic heterocycles. The van der Waals surface area contributed by atoms with Crippen molar-refractivity contribution < 1.29 is 32.0 Å². The van der Waals surface area contributed by atoms with Gasteiger partial charge in [-0.2, -0.15) is 0 Å². The summed E-state index contributed by atoms with van der Waals surface area (Å²) in [6.45, 7) is 5.91. The third-order valence-corrected chi connectivity index (χ3v) is 10.5. The maximum absolute atomic E-state index is 11.0. The highest BCUT2D eigenvalue weighted by atomic mass is 32.2. The SMILES string of the molecule is CCC(CC(CC(CC(C)c1ccccc1)c1ccncc1)c1cc[n+](CCCCCC(=O)O)cc1)c1cc[n+](CCCS(=O)(=O)[O-])cc1. The molecule has 3 heterocycles. The fraction of sp³-hybridized carbons (Fsp3) is 0.450. The monoisotopic (exact) mass is 686 g/mol. The molecule has 8 nitrogen and oxygen atoms in total. The number of pyridine rings is 3. The number of carboxylic acid groups (broad SMARTS) is 1. The van der Waals surface area contributed by atoms with Gasteiger partial charge in [-0.25, -0.2) is 17.6 Å². The van der Waals surface area contributed by atoms with E-state index in [2.05, 4.69) is 103 Å². The molecule has 4 unspecified atom stereocenters. The van der Waals surface area contributed by atoms with Crippen LogP contribution >= 0.6 is 0 Å². The van der Waals surface area contributed by atoms with Crippen LogP contribution in [0.25, 0.3) is 0 Å². The zero-order valence-corrected chi connectivity index (χ0v) is 29.8. The summed E-state index contributed by atoms with van der Waals surface area (Å²) in [5.41, 5.74) is 5.23. The smallest absolute Gasteiger partial charge is 0.303 e. The summed E-state index contributed by atoms with van der Waals surface area (Å²) in [6.07, 6.45) is 19.2. The Morgan fingerprint density at radius 1 is 0.714 bits per heavy atom. The number of aryl methyl sites for hydroxylation is 2. The highest BCUT2D eigenvalue weighted by Crippen LogP contribution is 2.41. The van der Waals surface area contributed by atoms with Crippen LogP contribution in [0.3, 0.4) is 0 Å². The summed E-state index contributed by atoms with van der Waals surface area (Å²) in [4.78, 5) is 15.2. The maximum Gasteiger partial charge on any atom is 0.303 e. The first-order chi connectivity index (χ1) is 23.6. The van der Waals surface area contributed by atoms with Crippen LogP contribution in [-0.4, -0.2) is 34.8 Å². The quantitative estimate of drug-likeness (QED) is 0.0560. The zero-order chi connectivity index (χ0) is 35.1. The summed E-state index contributed by atoms with van der Waals surface area (Å²) in [7, 11) is -4.21. The first-order valence-corrected chi connectivity index (χ1v) is 19.3. The fourth-order valence-electron chi connectivity index (χ4n) is 6.89. The second-order valence-corrected chi connectivity index (χ2v) is 14.9. The molecule has 0 amide bonds. The number of aliphatic carboxylic acids is 1. The van der Waals surface area contributed by atoms with E-state index >= 15 is 0 Å². The molecule has 0 aliphatic rings. The molecule has 0 radical (unpaired) electrons. The number of hydrogen-bond acceptors (Lipinski definition) is 5. The van der Waals surface area contributed by atoms with E-state index < -0.39 is 16.1 Å². The van der Waals surface area contributed by atoms with Gasteiger partial charge >= 0.3 is 5.97 Å². The van der Waals surface area contributed by atoms with E-state index in [4.69, 9.17) is 5.11 Å². The van der Waals surface area contributed by atoms with Crippen LogP contribution in [-0.2, 0) is 28.0 Å². The van der Waals surface area contributed by atoms with Gasteiger partial charge in [-0.1, -0.05) is 44.2 Å². The highest BCUT2D eigenvalue weighted by Gasteiger charge is 2.26. The number of rotatable bonds is 21. The lowest BCUT2D eigenvalue weighted by Gasteiger charge is -2.29. The molecule has 0 aliphatic carbocycles. The largest absolute Gasteiger partial charge is 0.748 e. The Labute approximate surface area is 292 Å². The molecular weight excluding hydrogens is 635 g/mol. The van der Waals surface area contributed by atoms with E-state index in [0.717, 1.165) is 45.1 Å². The van der Waals surface area contributed by atoms with Crippen LogP contribution in [0.5, 0.6) is 0 Å². The number of aromatic nitrogens is 3. The second-order valence-electron chi connectivity index (χ2n) is 13.4. The van der Waals surface area contributed by atoms with Crippen molar-refractivity contribution in [2.45, 2.75) is 108 Å². The van der Waals surface area contributed by atoms with E-state index in [1.54, 1.807) is 0 Å². The number of carboxylic acids is 1. The third-order valence-electron chi connectivity index (χ3n) is 9.71. The lowest BCUT2D eigenvalue weighted by atomic mass is 9.75. The van der Waals surface area contributed by atoms with Crippen LogP contribution in [0, 0.1) is 0 Å². The molecule has 0 fully saturated rings. The molecule has 4 rings (SSSR count). The summed E-state index contributed by atoms with van der Waals surface area (Å²) < 4.78 is 37.3. The Kier molecular flexibility index (Phi) is 14.9. The molecule has 0 saturated heterocycles. The molecule has 0 saturated carbocycles. The summed E-state index contributed by atoms with van der Waals surface area (Å²) in [6, 6.07) is 23.9. The molecule has 49 heavy (non-hydrogen) atoms. The van der Waals surface area contributed by atoms with Gasteiger partial charge in [0, 0.05) is 61.7 Å². The molecule has 9 heteroatoms. The Morgan fingerprint density at radius 2 is 1.24 bits per heavy atom. The lowest BCUT2D eigenvalue weighted by Crippen LogP contribution is -2.33. The van der Waals surface area contributed by atoms with Crippen molar-refractivity contribution in [2.75, 3.05) is 5.75 Å². The normalized spacial score (nSPS) is 14.2. The van der Waals surface area contributed by atoms with Gasteiger partial charge < -0.3 is 9.66 Å². The van der Waals surface area contributed by atoms with Crippen LogP contribution in [0.15, 0.2) is 104 Å². The maximum atomic E-state index is 11.0. The standard InChI is InChI=1S/C40H51N3O5S/c1-3-33(36-16-24-43(25-17-36)23-10-28-49(46,47)48)30-39(37-18-26-42(27-19-37)22-9-5-8-13-40(44)45)31-38(35-14-20-41-21-15-35)29-32(2)34-11-6-4-7-12-34/h4,6-7,11-12,14-21,24-27,32-33,38-39H,3,5,8-10,13,22-23,28-31H2,1-2H3/p+1. The lowest BCUT2D eigenvalue weighted by molar-refractivity contribution is -0.697. The van der Waals surface area contributed by atoms with E-state index in [0.29, 0.717) is 43.1 Å². The van der Waals surface area contributed by atoms with Gasteiger partial charge in [-0.3, -0.25) is 9.78 Å². The van der Waals surface area contributed by atoms with Gasteiger partial charge in [0.25, 0.3) is 0 Å². The fourth-order valence-corrected chi connectivity index (χ4v) is 7.38. The number of carbonyl (C=O) groups is 1. The van der Waals surface area contributed by atoms with Crippen LogP contribution < -0.4 is 9.13 Å². The van der Waals surface area contributed by atoms with Crippen molar-refractivity contribution in [3.8, 4) is 0 Å². The molecule has 4 aromatic rings. The highest BCUT2D eigenvalue weighted by molar-refractivity contribution is 7.85. The molecule has 1 N–H and O–H groups in total. The van der Waals surface area contributed by atoms with Gasteiger partial charge in [0.15, 0.2) is 24.8 Å². The molecule has 0 spiro atoms. The van der Waals surface area contributed by atoms with Gasteiger partial charge in [0.05, 0.1) is 10.1 Å². The molecule has 4 atom stereocenters. The van der Waals surface area contributed by atoms with Crippen molar-refractivity contribution >= 4 is 16.1 Å².